The van der Waals surface area contributed by atoms with Gasteiger partial charge in [-0.25, -0.2) is 4.79 Å². The maximum absolute atomic E-state index is 13.5. The van der Waals surface area contributed by atoms with E-state index in [0.717, 1.165) is 11.1 Å². The van der Waals surface area contributed by atoms with Gasteiger partial charge in [0.25, 0.3) is 5.91 Å². The molecule has 2 aromatic rings. The van der Waals surface area contributed by atoms with Crippen LogP contribution in [0, 0.1) is 34.0 Å². The van der Waals surface area contributed by atoms with Gasteiger partial charge in [0.1, 0.15) is 30.1 Å². The van der Waals surface area contributed by atoms with Crippen molar-refractivity contribution in [1.29, 1.82) is 5.26 Å². The average Bonchev–Trinajstić information content (AvgIpc) is 3.19. The van der Waals surface area contributed by atoms with E-state index in [1.807, 2.05) is 43.9 Å². The van der Waals surface area contributed by atoms with Crippen LogP contribution in [0.5, 0.6) is 5.75 Å². The first-order valence-corrected chi connectivity index (χ1v) is 14.6. The highest BCUT2D eigenvalue weighted by Crippen LogP contribution is 2.59. The van der Waals surface area contributed by atoms with E-state index < -0.39 is 5.60 Å². The van der Waals surface area contributed by atoms with E-state index in [-0.39, 0.29) is 41.5 Å². The molecular formula is C34H39ClN2O5. The molecule has 2 aliphatic rings. The predicted molar refractivity (Wildman–Crippen MR) is 161 cm³/mol. The van der Waals surface area contributed by atoms with Crippen LogP contribution in [0.3, 0.4) is 0 Å². The summed E-state index contributed by atoms with van der Waals surface area (Å²) >= 11 is 6.23. The second kappa shape index (κ2) is 12.0. The molecule has 1 amide bonds. The number of nitrogens with zero attached hydrogens (tertiary/aromatic N) is 2. The number of hydrogen-bond acceptors (Lipinski definition) is 6. The standard InChI is InChI=1S/C34H39ClN2O5/c1-32(2,3)42-28(38)21-40-16-10-8-9-11-22-12-15-26-24(17-22)20-37(29(26)39)30-33(4,5)31(34(30,6)7)41-25-14-13-23(19-36)27(35)18-25/h12-15,17-18,30-31H,8,10,16,20-21H2,1-7H3. The largest absolute Gasteiger partial charge is 0.489 e. The molecular weight excluding hydrogens is 552 g/mol. The number of carbonyl (C=O) groups excluding carboxylic acids is 2. The highest BCUT2D eigenvalue weighted by molar-refractivity contribution is 6.31. The minimum Gasteiger partial charge on any atom is -0.489 e. The summed E-state index contributed by atoms with van der Waals surface area (Å²) in [4.78, 5) is 27.2. The molecule has 1 saturated carbocycles. The highest BCUT2D eigenvalue weighted by atomic mass is 35.5. The summed E-state index contributed by atoms with van der Waals surface area (Å²) in [5.41, 5.74) is 1.79. The van der Waals surface area contributed by atoms with E-state index in [0.29, 0.717) is 47.9 Å². The molecule has 1 heterocycles. The van der Waals surface area contributed by atoms with Gasteiger partial charge < -0.3 is 19.1 Å². The molecule has 7 nitrogen and oxygen atoms in total. The number of carbonyl (C=O) groups is 2. The first kappa shape index (κ1) is 31.4. The van der Waals surface area contributed by atoms with Gasteiger partial charge in [-0.05, 0) is 63.1 Å². The Morgan fingerprint density at radius 1 is 1.12 bits per heavy atom. The van der Waals surface area contributed by atoms with Gasteiger partial charge in [0.05, 0.1) is 10.6 Å². The Balaban J connectivity index is 1.34. The van der Waals surface area contributed by atoms with Crippen LogP contribution >= 0.6 is 11.6 Å². The lowest BCUT2D eigenvalue weighted by Gasteiger charge is -2.65. The summed E-state index contributed by atoms with van der Waals surface area (Å²) in [7, 11) is 0. The summed E-state index contributed by atoms with van der Waals surface area (Å²) in [5.74, 6) is 6.62. The van der Waals surface area contributed by atoms with Crippen molar-refractivity contribution in [2.24, 2.45) is 10.8 Å². The third-order valence-corrected chi connectivity index (χ3v) is 8.10. The first-order valence-electron chi connectivity index (χ1n) is 14.2. The monoisotopic (exact) mass is 590 g/mol. The van der Waals surface area contributed by atoms with Crippen molar-refractivity contribution in [3.05, 3.63) is 63.7 Å². The number of ether oxygens (including phenoxy) is 3. The van der Waals surface area contributed by atoms with Gasteiger partial charge in [-0.3, -0.25) is 4.79 Å². The van der Waals surface area contributed by atoms with E-state index in [1.54, 1.807) is 18.2 Å². The van der Waals surface area contributed by atoms with Crippen molar-refractivity contribution < 1.29 is 23.8 Å². The van der Waals surface area contributed by atoms with Crippen molar-refractivity contribution in [2.75, 3.05) is 13.2 Å². The molecule has 0 unspecified atom stereocenters. The molecule has 42 heavy (non-hydrogen) atoms. The molecule has 0 N–H and O–H groups in total. The van der Waals surface area contributed by atoms with E-state index in [2.05, 4.69) is 45.6 Å². The van der Waals surface area contributed by atoms with Crippen LogP contribution in [0.15, 0.2) is 36.4 Å². The number of unbranched alkanes of at least 4 members (excludes halogenated alkanes) is 1. The fourth-order valence-electron chi connectivity index (χ4n) is 6.59. The molecule has 0 atom stereocenters. The van der Waals surface area contributed by atoms with Crippen LogP contribution in [-0.2, 0) is 20.8 Å². The van der Waals surface area contributed by atoms with Gasteiger partial charge in [0.2, 0.25) is 0 Å². The summed E-state index contributed by atoms with van der Waals surface area (Å²) in [6.45, 7) is 14.9. The summed E-state index contributed by atoms with van der Waals surface area (Å²) in [6, 6.07) is 12.9. The normalized spacial score (nSPS) is 20.1. The molecule has 4 rings (SSSR count). The Morgan fingerprint density at radius 3 is 2.48 bits per heavy atom. The quantitative estimate of drug-likeness (QED) is 0.197. The number of halogens is 1. The smallest absolute Gasteiger partial charge is 0.332 e. The molecule has 8 heteroatoms. The van der Waals surface area contributed by atoms with Gasteiger partial charge in [-0.2, -0.15) is 5.26 Å². The van der Waals surface area contributed by atoms with Crippen LogP contribution in [0.1, 0.15) is 88.4 Å². The van der Waals surface area contributed by atoms with E-state index >= 15 is 0 Å². The van der Waals surface area contributed by atoms with Crippen LogP contribution in [0.4, 0.5) is 0 Å². The number of benzene rings is 2. The molecule has 222 valence electrons. The maximum Gasteiger partial charge on any atom is 0.332 e. The molecule has 0 aromatic heterocycles. The van der Waals surface area contributed by atoms with Crippen molar-refractivity contribution >= 4 is 23.5 Å². The minimum absolute atomic E-state index is 0.0256. The third-order valence-electron chi connectivity index (χ3n) is 7.79. The Kier molecular flexibility index (Phi) is 8.97. The van der Waals surface area contributed by atoms with E-state index in [1.165, 1.54) is 0 Å². The predicted octanol–water partition coefficient (Wildman–Crippen LogP) is 6.54. The maximum atomic E-state index is 13.5. The van der Waals surface area contributed by atoms with Gasteiger partial charge in [0.15, 0.2) is 0 Å². The van der Waals surface area contributed by atoms with Crippen molar-refractivity contribution in [2.45, 2.75) is 85.6 Å². The fourth-order valence-corrected chi connectivity index (χ4v) is 6.81. The summed E-state index contributed by atoms with van der Waals surface area (Å²) in [6.07, 6.45) is 1.17. The zero-order valence-electron chi connectivity index (χ0n) is 25.5. The van der Waals surface area contributed by atoms with Crippen LogP contribution in [0.2, 0.25) is 5.02 Å². The third kappa shape index (κ3) is 6.59. The SMILES string of the molecule is CC(C)(C)OC(=O)COCCCC#Cc1ccc2c(c1)CN(C1C(C)(C)C(Oc3ccc(C#N)c(Cl)c3)C1(C)C)C2=O. The number of hydrogen-bond donors (Lipinski definition) is 0. The molecule has 2 aromatic carbocycles. The van der Waals surface area contributed by atoms with E-state index in [9.17, 15) is 14.9 Å². The lowest BCUT2D eigenvalue weighted by molar-refractivity contribution is -0.199. The Hall–Kier alpha value is -3.52. The van der Waals surface area contributed by atoms with Crippen LogP contribution in [0.25, 0.3) is 0 Å². The number of fused-ring (bicyclic) bond motifs is 1. The lowest BCUT2D eigenvalue weighted by atomic mass is 9.49. The first-order chi connectivity index (χ1) is 19.6. The van der Waals surface area contributed by atoms with Crippen molar-refractivity contribution in [3.63, 3.8) is 0 Å². The molecule has 0 bridgehead atoms. The Labute approximate surface area is 254 Å². The zero-order chi connectivity index (χ0) is 30.9. The number of rotatable bonds is 8. The van der Waals surface area contributed by atoms with E-state index in [4.69, 9.17) is 25.8 Å². The molecule has 1 aliphatic heterocycles. The van der Waals surface area contributed by atoms with Gasteiger partial charge in [0, 0.05) is 53.6 Å². The number of amides is 1. The molecule has 1 fully saturated rings. The topological polar surface area (TPSA) is 88.9 Å². The number of nitriles is 1. The average molecular weight is 591 g/mol. The minimum atomic E-state index is -0.521. The Bertz CT molecular complexity index is 1460. The molecule has 0 saturated heterocycles. The second-order valence-electron chi connectivity index (χ2n) is 13.1. The van der Waals surface area contributed by atoms with Crippen LogP contribution in [-0.4, -0.2) is 47.7 Å². The highest BCUT2D eigenvalue weighted by Gasteiger charge is 2.66. The van der Waals surface area contributed by atoms with Gasteiger partial charge in [-0.15, -0.1) is 0 Å². The molecule has 1 aliphatic carbocycles. The lowest BCUT2D eigenvalue weighted by Crippen LogP contribution is -2.74. The van der Waals surface area contributed by atoms with Crippen LogP contribution < -0.4 is 4.74 Å². The van der Waals surface area contributed by atoms with Gasteiger partial charge >= 0.3 is 5.97 Å². The fraction of sp³-hybridized carbons (Fsp3) is 0.500. The summed E-state index contributed by atoms with van der Waals surface area (Å²) < 4.78 is 17.0. The zero-order valence-corrected chi connectivity index (χ0v) is 26.2. The van der Waals surface area contributed by atoms with Gasteiger partial charge in [-0.1, -0.05) is 51.1 Å². The Morgan fingerprint density at radius 2 is 1.83 bits per heavy atom. The second-order valence-corrected chi connectivity index (χ2v) is 13.6. The van der Waals surface area contributed by atoms with Crippen molar-refractivity contribution in [3.8, 4) is 23.7 Å². The number of esters is 1. The molecule has 0 radical (unpaired) electrons. The van der Waals surface area contributed by atoms with Crippen molar-refractivity contribution in [1.82, 2.24) is 4.90 Å². The summed E-state index contributed by atoms with van der Waals surface area (Å²) in [5, 5.41) is 9.53. The molecule has 0 spiro atoms.